The van der Waals surface area contributed by atoms with Crippen LogP contribution in [0.1, 0.15) is 18.1 Å². The summed E-state index contributed by atoms with van der Waals surface area (Å²) in [6.07, 6.45) is 0. The van der Waals surface area contributed by atoms with Crippen LogP contribution < -0.4 is 0 Å². The Bertz CT molecular complexity index is 694. The molecule has 0 saturated heterocycles. The van der Waals surface area contributed by atoms with Gasteiger partial charge in [0.2, 0.25) is 0 Å². The third kappa shape index (κ3) is 2.02. The molecule has 3 aromatic carbocycles. The van der Waals surface area contributed by atoms with Gasteiger partial charge in [-0.1, -0.05) is 72.8 Å². The Hall–Kier alpha value is -2.12. The lowest BCUT2D eigenvalue weighted by Crippen LogP contribution is -2.22. The molecule has 0 saturated carbocycles. The molecule has 3 aromatic rings. The Labute approximate surface area is 113 Å². The molecule has 0 unspecified atom stereocenters. The number of benzene rings is 3. The number of aliphatic hydroxyl groups is 1. The van der Waals surface area contributed by atoms with Crippen molar-refractivity contribution < 1.29 is 5.11 Å². The fourth-order valence-electron chi connectivity index (χ4n) is 2.57. The van der Waals surface area contributed by atoms with Crippen molar-refractivity contribution in [3.63, 3.8) is 0 Å². The first-order valence-electron chi connectivity index (χ1n) is 6.46. The summed E-state index contributed by atoms with van der Waals surface area (Å²) in [7, 11) is 0. The minimum atomic E-state index is -0.984. The van der Waals surface area contributed by atoms with Crippen molar-refractivity contribution in [2.75, 3.05) is 0 Å². The molecule has 1 N–H and O–H groups in total. The largest absolute Gasteiger partial charge is 0.381 e. The number of hydrogen-bond donors (Lipinski definition) is 1. The lowest BCUT2D eigenvalue weighted by Gasteiger charge is -2.26. The average molecular weight is 248 g/mol. The Morgan fingerprint density at radius 1 is 0.737 bits per heavy atom. The highest BCUT2D eigenvalue weighted by atomic mass is 16.3. The van der Waals surface area contributed by atoms with Crippen LogP contribution in [0.15, 0.2) is 72.8 Å². The zero-order chi connectivity index (χ0) is 13.3. The Kier molecular flexibility index (Phi) is 2.84. The molecular formula is C18H16O. The lowest BCUT2D eigenvalue weighted by atomic mass is 9.85. The molecule has 0 aliphatic heterocycles. The summed E-state index contributed by atoms with van der Waals surface area (Å²) < 4.78 is 0. The summed E-state index contributed by atoms with van der Waals surface area (Å²) in [6, 6.07) is 24.0. The van der Waals surface area contributed by atoms with Crippen molar-refractivity contribution in [1.82, 2.24) is 0 Å². The first-order valence-corrected chi connectivity index (χ1v) is 6.46. The van der Waals surface area contributed by atoms with Crippen LogP contribution in [0.5, 0.6) is 0 Å². The summed E-state index contributed by atoms with van der Waals surface area (Å²) in [5.74, 6) is 0. The maximum absolute atomic E-state index is 11.0. The number of hydrogen-bond acceptors (Lipinski definition) is 1. The average Bonchev–Trinajstić information content (AvgIpc) is 2.47. The predicted octanol–water partition coefficient (Wildman–Crippen LogP) is 4.10. The minimum Gasteiger partial charge on any atom is -0.381 e. The summed E-state index contributed by atoms with van der Waals surface area (Å²) in [5, 5.41) is 13.2. The molecule has 1 nitrogen and oxygen atoms in total. The molecule has 1 heteroatoms. The zero-order valence-corrected chi connectivity index (χ0v) is 10.9. The lowest BCUT2D eigenvalue weighted by molar-refractivity contribution is 0.104. The summed E-state index contributed by atoms with van der Waals surface area (Å²) in [6.45, 7) is 1.85. The third-order valence-electron chi connectivity index (χ3n) is 3.65. The summed E-state index contributed by atoms with van der Waals surface area (Å²) in [5.41, 5.74) is 0.866. The number of rotatable bonds is 2. The smallest absolute Gasteiger partial charge is 0.112 e. The van der Waals surface area contributed by atoms with E-state index in [0.29, 0.717) is 0 Å². The molecule has 3 rings (SSSR count). The molecule has 1 atom stereocenters. The van der Waals surface area contributed by atoms with Gasteiger partial charge < -0.3 is 5.11 Å². The molecule has 0 spiro atoms. The molecular weight excluding hydrogens is 232 g/mol. The molecule has 19 heavy (non-hydrogen) atoms. The molecule has 0 bridgehead atoms. The second-order valence-corrected chi connectivity index (χ2v) is 4.96. The first kappa shape index (κ1) is 11.9. The van der Waals surface area contributed by atoms with Crippen molar-refractivity contribution in [1.29, 1.82) is 0 Å². The molecule has 0 fully saturated rings. The van der Waals surface area contributed by atoms with Crippen molar-refractivity contribution in [3.8, 4) is 0 Å². The van der Waals surface area contributed by atoms with Crippen LogP contribution in [-0.2, 0) is 5.60 Å². The maximum atomic E-state index is 11.0. The van der Waals surface area contributed by atoms with E-state index in [-0.39, 0.29) is 0 Å². The van der Waals surface area contributed by atoms with Crippen LogP contribution >= 0.6 is 0 Å². The van der Waals surface area contributed by atoms with Crippen molar-refractivity contribution >= 4 is 10.8 Å². The zero-order valence-electron chi connectivity index (χ0n) is 10.9. The van der Waals surface area contributed by atoms with Crippen LogP contribution in [0.4, 0.5) is 0 Å². The van der Waals surface area contributed by atoms with E-state index in [1.807, 2.05) is 61.5 Å². The van der Waals surface area contributed by atoms with E-state index in [9.17, 15) is 5.11 Å². The van der Waals surface area contributed by atoms with Crippen molar-refractivity contribution in [2.45, 2.75) is 12.5 Å². The van der Waals surface area contributed by atoms with Crippen molar-refractivity contribution in [3.05, 3.63) is 83.9 Å². The molecule has 0 radical (unpaired) electrons. The Balaban J connectivity index is 2.24. The van der Waals surface area contributed by atoms with Gasteiger partial charge in [0.15, 0.2) is 0 Å². The molecule has 0 aliphatic rings. The fraction of sp³-hybridized carbons (Fsp3) is 0.111. The van der Waals surface area contributed by atoms with Gasteiger partial charge in [0.1, 0.15) is 5.60 Å². The van der Waals surface area contributed by atoms with Crippen LogP contribution in [0.2, 0.25) is 0 Å². The third-order valence-corrected chi connectivity index (χ3v) is 3.65. The van der Waals surface area contributed by atoms with Gasteiger partial charge in [-0.3, -0.25) is 0 Å². The SMILES string of the molecule is C[C@](O)(c1ccccc1)c1cccc2ccccc12. The van der Waals surface area contributed by atoms with Gasteiger partial charge in [-0.25, -0.2) is 0 Å². The monoisotopic (exact) mass is 248 g/mol. The Morgan fingerprint density at radius 2 is 1.37 bits per heavy atom. The topological polar surface area (TPSA) is 20.2 Å². The molecule has 0 amide bonds. The second-order valence-electron chi connectivity index (χ2n) is 4.96. The normalized spacial score (nSPS) is 14.2. The van der Waals surface area contributed by atoms with Gasteiger partial charge >= 0.3 is 0 Å². The minimum absolute atomic E-state index is 0.909. The van der Waals surface area contributed by atoms with Crippen LogP contribution in [0.25, 0.3) is 10.8 Å². The van der Waals surface area contributed by atoms with E-state index >= 15 is 0 Å². The molecule has 0 aliphatic carbocycles. The van der Waals surface area contributed by atoms with E-state index in [4.69, 9.17) is 0 Å². The van der Waals surface area contributed by atoms with Gasteiger partial charge in [-0.15, -0.1) is 0 Å². The van der Waals surface area contributed by atoms with E-state index in [2.05, 4.69) is 18.2 Å². The second kappa shape index (κ2) is 4.52. The highest BCUT2D eigenvalue weighted by Gasteiger charge is 2.26. The van der Waals surface area contributed by atoms with E-state index in [1.54, 1.807) is 0 Å². The van der Waals surface area contributed by atoms with Crippen LogP contribution in [-0.4, -0.2) is 5.11 Å². The van der Waals surface area contributed by atoms with Gasteiger partial charge in [0.05, 0.1) is 0 Å². The first-order chi connectivity index (χ1) is 9.19. The van der Waals surface area contributed by atoms with E-state index in [1.165, 1.54) is 0 Å². The molecule has 0 aromatic heterocycles. The van der Waals surface area contributed by atoms with Gasteiger partial charge in [-0.2, -0.15) is 0 Å². The van der Waals surface area contributed by atoms with E-state index < -0.39 is 5.60 Å². The highest BCUT2D eigenvalue weighted by molar-refractivity contribution is 5.86. The number of fused-ring (bicyclic) bond motifs is 1. The summed E-state index contributed by atoms with van der Waals surface area (Å²) in [4.78, 5) is 0. The van der Waals surface area contributed by atoms with Crippen LogP contribution in [0.3, 0.4) is 0 Å². The molecule has 0 heterocycles. The highest BCUT2D eigenvalue weighted by Crippen LogP contribution is 2.33. The Morgan fingerprint density at radius 3 is 2.16 bits per heavy atom. The van der Waals surface area contributed by atoms with Gasteiger partial charge in [0.25, 0.3) is 0 Å². The van der Waals surface area contributed by atoms with Gasteiger partial charge in [-0.05, 0) is 28.8 Å². The van der Waals surface area contributed by atoms with Crippen molar-refractivity contribution in [2.24, 2.45) is 0 Å². The fourth-order valence-corrected chi connectivity index (χ4v) is 2.57. The summed E-state index contributed by atoms with van der Waals surface area (Å²) >= 11 is 0. The standard InChI is InChI=1S/C18H16O/c1-18(19,15-10-3-2-4-11-15)17-13-7-9-14-8-5-6-12-16(14)17/h2-13,19H,1H3/t18-/m0/s1. The predicted molar refractivity (Wildman–Crippen MR) is 79.1 cm³/mol. The van der Waals surface area contributed by atoms with E-state index in [0.717, 1.165) is 21.9 Å². The molecule has 94 valence electrons. The quantitative estimate of drug-likeness (QED) is 0.724. The van der Waals surface area contributed by atoms with Gasteiger partial charge in [0, 0.05) is 0 Å². The maximum Gasteiger partial charge on any atom is 0.112 e. The van der Waals surface area contributed by atoms with Crippen LogP contribution in [0, 0.1) is 0 Å².